The van der Waals surface area contributed by atoms with Crippen LogP contribution in [0.2, 0.25) is 0 Å². The van der Waals surface area contributed by atoms with Crippen molar-refractivity contribution in [2.24, 2.45) is 0 Å². The molecule has 0 saturated carbocycles. The Morgan fingerprint density at radius 2 is 2.09 bits per heavy atom. The van der Waals surface area contributed by atoms with Gasteiger partial charge in [0.2, 0.25) is 5.95 Å². The fourth-order valence-corrected chi connectivity index (χ4v) is 2.59. The minimum absolute atomic E-state index is 0.0533. The SMILES string of the molecule is C=CCNc1ncc(C(=O)N2CCCc3ccccc32)cn1. The van der Waals surface area contributed by atoms with E-state index in [2.05, 4.69) is 27.9 Å². The van der Waals surface area contributed by atoms with Gasteiger partial charge in [-0.1, -0.05) is 24.3 Å². The number of hydrogen-bond donors (Lipinski definition) is 1. The number of anilines is 2. The predicted octanol–water partition coefficient (Wildman–Crippen LogP) is 2.67. The summed E-state index contributed by atoms with van der Waals surface area (Å²) in [5.41, 5.74) is 2.71. The molecule has 1 aromatic carbocycles. The first kappa shape index (κ1) is 14.3. The number of nitrogens with one attached hydrogen (secondary N) is 1. The van der Waals surface area contributed by atoms with Crippen molar-refractivity contribution < 1.29 is 4.79 Å². The molecule has 0 aliphatic carbocycles. The molecule has 2 heterocycles. The number of benzene rings is 1. The summed E-state index contributed by atoms with van der Waals surface area (Å²) in [5, 5.41) is 2.99. The summed E-state index contributed by atoms with van der Waals surface area (Å²) in [4.78, 5) is 22.9. The maximum absolute atomic E-state index is 12.7. The van der Waals surface area contributed by atoms with Gasteiger partial charge in [0, 0.05) is 31.2 Å². The number of carbonyl (C=O) groups is 1. The zero-order valence-electron chi connectivity index (χ0n) is 12.3. The third-order valence-electron chi connectivity index (χ3n) is 3.66. The van der Waals surface area contributed by atoms with Gasteiger partial charge in [-0.25, -0.2) is 9.97 Å². The second kappa shape index (κ2) is 6.39. The molecule has 0 radical (unpaired) electrons. The zero-order valence-corrected chi connectivity index (χ0v) is 12.3. The molecule has 112 valence electrons. The van der Waals surface area contributed by atoms with Crippen molar-refractivity contribution in [3.05, 3.63) is 60.4 Å². The second-order valence-electron chi connectivity index (χ2n) is 5.15. The fraction of sp³-hybridized carbons (Fsp3) is 0.235. The summed E-state index contributed by atoms with van der Waals surface area (Å²) >= 11 is 0. The van der Waals surface area contributed by atoms with Gasteiger partial charge in [-0.05, 0) is 24.5 Å². The number of aryl methyl sites for hydroxylation is 1. The van der Waals surface area contributed by atoms with E-state index < -0.39 is 0 Å². The summed E-state index contributed by atoms with van der Waals surface area (Å²) < 4.78 is 0. The molecule has 2 aromatic rings. The zero-order chi connectivity index (χ0) is 15.4. The molecule has 5 heteroatoms. The lowest BCUT2D eigenvalue weighted by Gasteiger charge is -2.29. The van der Waals surface area contributed by atoms with E-state index in [1.54, 1.807) is 18.5 Å². The Bertz CT molecular complexity index is 681. The summed E-state index contributed by atoms with van der Waals surface area (Å²) in [6.45, 7) is 4.94. The summed E-state index contributed by atoms with van der Waals surface area (Å²) in [7, 11) is 0. The van der Waals surface area contributed by atoms with Gasteiger partial charge < -0.3 is 10.2 Å². The second-order valence-corrected chi connectivity index (χ2v) is 5.15. The smallest absolute Gasteiger partial charge is 0.261 e. The lowest BCUT2D eigenvalue weighted by Crippen LogP contribution is -2.35. The lowest BCUT2D eigenvalue weighted by atomic mass is 10.0. The number of para-hydroxylation sites is 1. The molecule has 0 atom stereocenters. The van der Waals surface area contributed by atoms with Crippen LogP contribution in [-0.2, 0) is 6.42 Å². The highest BCUT2D eigenvalue weighted by atomic mass is 16.2. The van der Waals surface area contributed by atoms with Crippen LogP contribution < -0.4 is 10.2 Å². The van der Waals surface area contributed by atoms with E-state index in [0.29, 0.717) is 18.1 Å². The molecule has 3 rings (SSSR count). The molecule has 0 unspecified atom stereocenters. The Morgan fingerprint density at radius 3 is 2.86 bits per heavy atom. The number of fused-ring (bicyclic) bond motifs is 1. The highest BCUT2D eigenvalue weighted by molar-refractivity contribution is 6.06. The molecular formula is C17H18N4O. The van der Waals surface area contributed by atoms with E-state index >= 15 is 0 Å². The first-order chi connectivity index (χ1) is 10.8. The molecule has 0 spiro atoms. The van der Waals surface area contributed by atoms with Gasteiger partial charge >= 0.3 is 0 Å². The average Bonchev–Trinajstić information content (AvgIpc) is 2.59. The summed E-state index contributed by atoms with van der Waals surface area (Å²) in [6.07, 6.45) is 6.85. The Labute approximate surface area is 129 Å². The van der Waals surface area contributed by atoms with Gasteiger partial charge in [-0.15, -0.1) is 6.58 Å². The molecule has 5 nitrogen and oxygen atoms in total. The van der Waals surface area contributed by atoms with Crippen LogP contribution >= 0.6 is 0 Å². The van der Waals surface area contributed by atoms with Crippen LogP contribution in [0.15, 0.2) is 49.3 Å². The molecule has 1 aliphatic heterocycles. The minimum atomic E-state index is -0.0533. The van der Waals surface area contributed by atoms with Crippen LogP contribution in [0.3, 0.4) is 0 Å². The maximum atomic E-state index is 12.7. The summed E-state index contributed by atoms with van der Waals surface area (Å²) in [6, 6.07) is 8.04. The number of aromatic nitrogens is 2. The molecule has 1 amide bonds. The first-order valence-corrected chi connectivity index (χ1v) is 7.36. The monoisotopic (exact) mass is 294 g/mol. The van der Waals surface area contributed by atoms with E-state index in [1.807, 2.05) is 23.1 Å². The molecule has 0 fully saturated rings. The fourth-order valence-electron chi connectivity index (χ4n) is 2.59. The van der Waals surface area contributed by atoms with Crippen molar-refractivity contribution in [1.82, 2.24) is 9.97 Å². The number of nitrogens with zero attached hydrogens (tertiary/aromatic N) is 3. The quantitative estimate of drug-likeness (QED) is 0.881. The predicted molar refractivity (Wildman–Crippen MR) is 87.2 cm³/mol. The van der Waals surface area contributed by atoms with Crippen LogP contribution in [0.5, 0.6) is 0 Å². The van der Waals surface area contributed by atoms with Gasteiger partial charge in [0.05, 0.1) is 5.56 Å². The van der Waals surface area contributed by atoms with E-state index in [9.17, 15) is 4.79 Å². The van der Waals surface area contributed by atoms with Crippen molar-refractivity contribution in [3.8, 4) is 0 Å². The van der Waals surface area contributed by atoms with E-state index in [1.165, 1.54) is 5.56 Å². The molecular weight excluding hydrogens is 276 g/mol. The molecule has 0 saturated heterocycles. The van der Waals surface area contributed by atoms with Gasteiger partial charge in [0.15, 0.2) is 0 Å². The molecule has 1 aliphatic rings. The minimum Gasteiger partial charge on any atom is -0.351 e. The lowest BCUT2D eigenvalue weighted by molar-refractivity contribution is 0.0984. The van der Waals surface area contributed by atoms with E-state index in [4.69, 9.17) is 0 Å². The van der Waals surface area contributed by atoms with Crippen LogP contribution in [-0.4, -0.2) is 29.0 Å². The number of hydrogen-bond acceptors (Lipinski definition) is 4. The maximum Gasteiger partial charge on any atom is 0.261 e. The van der Waals surface area contributed by atoms with Crippen molar-refractivity contribution in [3.63, 3.8) is 0 Å². The topological polar surface area (TPSA) is 58.1 Å². The van der Waals surface area contributed by atoms with Gasteiger partial charge in [-0.3, -0.25) is 4.79 Å². The van der Waals surface area contributed by atoms with Crippen LogP contribution in [0.4, 0.5) is 11.6 Å². The highest BCUT2D eigenvalue weighted by Gasteiger charge is 2.23. The largest absolute Gasteiger partial charge is 0.351 e. The Kier molecular flexibility index (Phi) is 4.14. The van der Waals surface area contributed by atoms with Crippen molar-refractivity contribution >= 4 is 17.5 Å². The van der Waals surface area contributed by atoms with E-state index in [-0.39, 0.29) is 5.91 Å². The standard InChI is InChI=1S/C17H18N4O/c1-2-9-18-17-19-11-14(12-20-17)16(22)21-10-5-7-13-6-3-4-8-15(13)21/h2-4,6,8,11-12H,1,5,7,9-10H2,(H,18,19,20). The van der Waals surface area contributed by atoms with Crippen LogP contribution in [0.1, 0.15) is 22.3 Å². The van der Waals surface area contributed by atoms with Crippen molar-refractivity contribution in [2.45, 2.75) is 12.8 Å². The van der Waals surface area contributed by atoms with Gasteiger partial charge in [0.25, 0.3) is 5.91 Å². The number of rotatable bonds is 4. The van der Waals surface area contributed by atoms with Crippen LogP contribution in [0, 0.1) is 0 Å². The molecule has 22 heavy (non-hydrogen) atoms. The molecule has 1 N–H and O–H groups in total. The van der Waals surface area contributed by atoms with Gasteiger partial charge in [0.1, 0.15) is 0 Å². The first-order valence-electron chi connectivity index (χ1n) is 7.36. The highest BCUT2D eigenvalue weighted by Crippen LogP contribution is 2.27. The Balaban J connectivity index is 1.81. The Morgan fingerprint density at radius 1 is 1.32 bits per heavy atom. The van der Waals surface area contributed by atoms with Crippen molar-refractivity contribution in [1.29, 1.82) is 0 Å². The average molecular weight is 294 g/mol. The third kappa shape index (κ3) is 2.83. The van der Waals surface area contributed by atoms with Crippen molar-refractivity contribution in [2.75, 3.05) is 23.3 Å². The number of carbonyl (C=O) groups excluding carboxylic acids is 1. The number of amides is 1. The normalized spacial score (nSPS) is 13.4. The third-order valence-corrected chi connectivity index (χ3v) is 3.66. The summed E-state index contributed by atoms with van der Waals surface area (Å²) in [5.74, 6) is 0.443. The van der Waals surface area contributed by atoms with E-state index in [0.717, 1.165) is 25.1 Å². The Hall–Kier alpha value is -2.69. The van der Waals surface area contributed by atoms with Crippen LogP contribution in [0.25, 0.3) is 0 Å². The van der Waals surface area contributed by atoms with Gasteiger partial charge in [-0.2, -0.15) is 0 Å². The molecule has 1 aromatic heterocycles. The molecule has 0 bridgehead atoms.